The van der Waals surface area contributed by atoms with Gasteiger partial charge in [0.2, 0.25) is 0 Å². The van der Waals surface area contributed by atoms with Crippen LogP contribution in [0.5, 0.6) is 0 Å². The lowest BCUT2D eigenvalue weighted by atomic mass is 10.1. The Morgan fingerprint density at radius 3 is 2.79 bits per heavy atom. The normalized spacial score (nSPS) is 16.5. The second kappa shape index (κ2) is 11.8. The number of likely N-dealkylation sites (tertiary alicyclic amines) is 1. The second-order valence-corrected chi connectivity index (χ2v) is 6.73. The van der Waals surface area contributed by atoms with E-state index in [2.05, 4.69) is 51.3 Å². The molecule has 5 nitrogen and oxygen atoms in total. The van der Waals surface area contributed by atoms with E-state index in [0.29, 0.717) is 12.6 Å². The SMILES string of the molecule is C=CCN1CCC(NC(=NCc2csc(CC)n2)NCC)CC1.I. The van der Waals surface area contributed by atoms with Crippen molar-refractivity contribution in [2.45, 2.75) is 45.7 Å². The molecule has 2 heterocycles. The maximum absolute atomic E-state index is 4.69. The van der Waals surface area contributed by atoms with Gasteiger partial charge in [0.1, 0.15) is 0 Å². The van der Waals surface area contributed by atoms with E-state index in [4.69, 9.17) is 0 Å². The number of thiazole rings is 1. The highest BCUT2D eigenvalue weighted by atomic mass is 127. The van der Waals surface area contributed by atoms with Crippen molar-refractivity contribution in [2.24, 2.45) is 4.99 Å². The summed E-state index contributed by atoms with van der Waals surface area (Å²) in [6.07, 6.45) is 5.28. The molecular formula is C17H30IN5S. The molecule has 1 aliphatic heterocycles. The zero-order valence-electron chi connectivity index (χ0n) is 14.8. The molecule has 0 aromatic carbocycles. The summed E-state index contributed by atoms with van der Waals surface area (Å²) in [5.41, 5.74) is 1.06. The molecular weight excluding hydrogens is 433 g/mol. The van der Waals surface area contributed by atoms with Gasteiger partial charge in [-0.1, -0.05) is 13.0 Å². The molecule has 1 aliphatic rings. The number of hydrogen-bond donors (Lipinski definition) is 2. The largest absolute Gasteiger partial charge is 0.357 e. The van der Waals surface area contributed by atoms with Crippen LogP contribution in [0.4, 0.5) is 0 Å². The van der Waals surface area contributed by atoms with Crippen LogP contribution in [0, 0.1) is 0 Å². The van der Waals surface area contributed by atoms with Crippen LogP contribution < -0.4 is 10.6 Å². The Bertz CT molecular complexity index is 509. The van der Waals surface area contributed by atoms with E-state index in [1.165, 1.54) is 5.01 Å². The van der Waals surface area contributed by atoms with Crippen LogP contribution in [0.1, 0.15) is 37.4 Å². The molecule has 1 aromatic rings. The van der Waals surface area contributed by atoms with Gasteiger partial charge in [0.15, 0.2) is 5.96 Å². The predicted octanol–water partition coefficient (Wildman–Crippen LogP) is 3.03. The van der Waals surface area contributed by atoms with Gasteiger partial charge in [-0.2, -0.15) is 0 Å². The lowest BCUT2D eigenvalue weighted by Crippen LogP contribution is -2.48. The highest BCUT2D eigenvalue weighted by Crippen LogP contribution is 2.12. The number of aliphatic imine (C=N–C) groups is 1. The number of rotatable bonds is 7. The third kappa shape index (κ3) is 7.06. The summed E-state index contributed by atoms with van der Waals surface area (Å²) in [7, 11) is 0. The fraction of sp³-hybridized carbons (Fsp3) is 0.647. The molecule has 0 saturated carbocycles. The minimum atomic E-state index is 0. The van der Waals surface area contributed by atoms with Gasteiger partial charge in [-0.15, -0.1) is 41.9 Å². The fourth-order valence-electron chi connectivity index (χ4n) is 2.70. The van der Waals surface area contributed by atoms with Crippen LogP contribution in [0.25, 0.3) is 0 Å². The maximum Gasteiger partial charge on any atom is 0.191 e. The number of guanidine groups is 1. The van der Waals surface area contributed by atoms with E-state index < -0.39 is 0 Å². The molecule has 1 fully saturated rings. The van der Waals surface area contributed by atoms with E-state index in [-0.39, 0.29) is 24.0 Å². The lowest BCUT2D eigenvalue weighted by Gasteiger charge is -2.32. The fourth-order valence-corrected chi connectivity index (χ4v) is 3.44. The van der Waals surface area contributed by atoms with Gasteiger partial charge >= 0.3 is 0 Å². The number of aryl methyl sites for hydroxylation is 1. The quantitative estimate of drug-likeness (QED) is 0.283. The van der Waals surface area contributed by atoms with Crippen molar-refractivity contribution >= 4 is 41.3 Å². The zero-order chi connectivity index (χ0) is 16.5. The van der Waals surface area contributed by atoms with Crippen molar-refractivity contribution in [1.29, 1.82) is 0 Å². The molecule has 2 N–H and O–H groups in total. The molecule has 0 amide bonds. The number of piperidine rings is 1. The molecule has 24 heavy (non-hydrogen) atoms. The summed E-state index contributed by atoms with van der Waals surface area (Å²) in [6, 6.07) is 0.496. The first-order valence-corrected chi connectivity index (χ1v) is 9.44. The average molecular weight is 463 g/mol. The van der Waals surface area contributed by atoms with Gasteiger partial charge in [-0.3, -0.25) is 4.90 Å². The first-order chi connectivity index (χ1) is 11.2. The summed E-state index contributed by atoms with van der Waals surface area (Å²) in [5, 5.41) is 10.2. The average Bonchev–Trinajstić information content (AvgIpc) is 3.03. The van der Waals surface area contributed by atoms with Gasteiger partial charge in [0, 0.05) is 37.6 Å². The van der Waals surface area contributed by atoms with Crippen LogP contribution in [0.3, 0.4) is 0 Å². The predicted molar refractivity (Wildman–Crippen MR) is 115 cm³/mol. The van der Waals surface area contributed by atoms with Crippen molar-refractivity contribution in [3.63, 3.8) is 0 Å². The minimum Gasteiger partial charge on any atom is -0.357 e. The molecule has 0 unspecified atom stereocenters. The third-order valence-electron chi connectivity index (χ3n) is 3.96. The van der Waals surface area contributed by atoms with Crippen molar-refractivity contribution in [1.82, 2.24) is 20.5 Å². The van der Waals surface area contributed by atoms with E-state index in [0.717, 1.165) is 57.1 Å². The van der Waals surface area contributed by atoms with E-state index in [1.807, 2.05) is 6.08 Å². The molecule has 0 spiro atoms. The van der Waals surface area contributed by atoms with Crippen LogP contribution in [0.2, 0.25) is 0 Å². The first-order valence-electron chi connectivity index (χ1n) is 8.56. The summed E-state index contributed by atoms with van der Waals surface area (Å²) >= 11 is 1.72. The Labute approximate surface area is 167 Å². The summed E-state index contributed by atoms with van der Waals surface area (Å²) < 4.78 is 0. The number of halogens is 1. The van der Waals surface area contributed by atoms with Crippen LogP contribution >= 0.6 is 35.3 Å². The molecule has 0 atom stereocenters. The van der Waals surface area contributed by atoms with E-state index in [1.54, 1.807) is 11.3 Å². The van der Waals surface area contributed by atoms with Gasteiger partial charge in [0.25, 0.3) is 0 Å². The van der Waals surface area contributed by atoms with E-state index >= 15 is 0 Å². The lowest BCUT2D eigenvalue weighted by molar-refractivity contribution is 0.225. The standard InChI is InChI=1S/C17H29N5S.HI/c1-4-9-22-10-7-14(8-11-22)21-17(18-6-3)19-12-15-13-23-16(5-2)20-15;/h4,13-14H,1,5-12H2,2-3H3,(H2,18,19,21);1H. The summed E-state index contributed by atoms with van der Waals surface area (Å²) in [6.45, 7) is 12.8. The molecule has 0 radical (unpaired) electrons. The number of nitrogens with one attached hydrogen (secondary N) is 2. The Balaban J connectivity index is 0.00000288. The molecule has 2 rings (SSSR count). The Hall–Kier alpha value is -0.670. The van der Waals surface area contributed by atoms with Crippen LogP contribution in [-0.2, 0) is 13.0 Å². The van der Waals surface area contributed by atoms with Crippen molar-refractivity contribution < 1.29 is 0 Å². The van der Waals surface area contributed by atoms with Crippen molar-refractivity contribution in [2.75, 3.05) is 26.2 Å². The topological polar surface area (TPSA) is 52.5 Å². The smallest absolute Gasteiger partial charge is 0.191 e. The van der Waals surface area contributed by atoms with Crippen molar-refractivity contribution in [3.05, 3.63) is 28.7 Å². The first kappa shape index (κ1) is 21.4. The third-order valence-corrected chi connectivity index (χ3v) is 5.00. The maximum atomic E-state index is 4.69. The van der Waals surface area contributed by atoms with Crippen LogP contribution in [0.15, 0.2) is 23.0 Å². The molecule has 136 valence electrons. The Morgan fingerprint density at radius 2 is 2.21 bits per heavy atom. The molecule has 1 saturated heterocycles. The van der Waals surface area contributed by atoms with Gasteiger partial charge < -0.3 is 10.6 Å². The highest BCUT2D eigenvalue weighted by Gasteiger charge is 2.19. The number of aromatic nitrogens is 1. The second-order valence-electron chi connectivity index (χ2n) is 5.79. The monoisotopic (exact) mass is 463 g/mol. The molecule has 0 bridgehead atoms. The minimum absolute atomic E-state index is 0. The summed E-state index contributed by atoms with van der Waals surface area (Å²) in [5.74, 6) is 0.903. The molecule has 1 aromatic heterocycles. The van der Waals surface area contributed by atoms with Crippen LogP contribution in [-0.4, -0.2) is 48.1 Å². The number of nitrogens with zero attached hydrogens (tertiary/aromatic N) is 3. The Morgan fingerprint density at radius 1 is 1.46 bits per heavy atom. The van der Waals surface area contributed by atoms with Crippen molar-refractivity contribution in [3.8, 4) is 0 Å². The molecule has 0 aliphatic carbocycles. The van der Waals surface area contributed by atoms with Gasteiger partial charge in [0.05, 0.1) is 17.2 Å². The molecule has 7 heteroatoms. The van der Waals surface area contributed by atoms with Gasteiger partial charge in [-0.25, -0.2) is 9.98 Å². The highest BCUT2D eigenvalue weighted by molar-refractivity contribution is 14.0. The summed E-state index contributed by atoms with van der Waals surface area (Å²) in [4.78, 5) is 11.7. The zero-order valence-corrected chi connectivity index (χ0v) is 17.9. The number of hydrogen-bond acceptors (Lipinski definition) is 4. The van der Waals surface area contributed by atoms with E-state index in [9.17, 15) is 0 Å². The Kier molecular flexibility index (Phi) is 10.5. The van der Waals surface area contributed by atoms with Gasteiger partial charge in [-0.05, 0) is 26.2 Å².